The molecule has 0 saturated heterocycles. The Hall–Kier alpha value is -1.71. The summed E-state index contributed by atoms with van der Waals surface area (Å²) in [4.78, 5) is 11.7. The van der Waals surface area contributed by atoms with E-state index in [9.17, 15) is 4.79 Å². The highest BCUT2D eigenvalue weighted by atomic mass is 16.1. The molecular weight excluding hydrogens is 262 g/mol. The quantitative estimate of drug-likeness (QED) is 0.747. The van der Waals surface area contributed by atoms with Gasteiger partial charge in [-0.15, -0.1) is 0 Å². The van der Waals surface area contributed by atoms with Crippen LogP contribution in [-0.4, -0.2) is 11.4 Å². The van der Waals surface area contributed by atoms with E-state index in [0.717, 1.165) is 23.4 Å². The van der Waals surface area contributed by atoms with E-state index < -0.39 is 5.91 Å². The van der Waals surface area contributed by atoms with Crippen molar-refractivity contribution in [3.8, 4) is 0 Å². The Morgan fingerprint density at radius 3 is 2.19 bits per heavy atom. The smallest absolute Gasteiger partial charge is 0.250 e. The zero-order chi connectivity index (χ0) is 14.6. The van der Waals surface area contributed by atoms with E-state index in [-0.39, 0.29) is 5.54 Å². The number of benzene rings is 1. The molecule has 4 nitrogen and oxygen atoms in total. The Kier molecular flexibility index (Phi) is 2.72. The van der Waals surface area contributed by atoms with Crippen molar-refractivity contribution in [3.63, 3.8) is 0 Å². The number of hydrogen-bond donors (Lipinski definition) is 3. The number of nitrogen functional groups attached to an aromatic ring is 1. The summed E-state index contributed by atoms with van der Waals surface area (Å²) in [5, 5.41) is 3.68. The van der Waals surface area contributed by atoms with Crippen molar-refractivity contribution in [2.75, 3.05) is 11.1 Å². The number of primary amides is 1. The molecule has 1 amide bonds. The zero-order valence-electron chi connectivity index (χ0n) is 12.3. The summed E-state index contributed by atoms with van der Waals surface area (Å²) in [6.45, 7) is 0. The van der Waals surface area contributed by atoms with Crippen LogP contribution >= 0.6 is 0 Å². The maximum absolute atomic E-state index is 11.7. The second-order valence-corrected chi connectivity index (χ2v) is 7.46. The van der Waals surface area contributed by atoms with Crippen molar-refractivity contribution in [1.29, 1.82) is 0 Å². The number of nitrogens with one attached hydrogen (secondary N) is 1. The van der Waals surface area contributed by atoms with Crippen LogP contribution in [0.25, 0.3) is 0 Å². The molecule has 4 heteroatoms. The monoisotopic (exact) mass is 285 g/mol. The molecule has 4 aliphatic carbocycles. The molecule has 21 heavy (non-hydrogen) atoms. The first-order chi connectivity index (χ1) is 10.0. The van der Waals surface area contributed by atoms with E-state index in [2.05, 4.69) is 5.32 Å². The number of amides is 1. The fourth-order valence-corrected chi connectivity index (χ4v) is 5.44. The standard InChI is InChI=1S/C17H23N3O/c18-14-3-1-2-13(16(19)21)15(14)20-17-7-10-4-11(8-17)6-12(5-10)9-17/h1-3,10-12,20H,4-9,18H2,(H2,19,21). The lowest BCUT2D eigenvalue weighted by Crippen LogP contribution is -2.55. The van der Waals surface area contributed by atoms with Crippen LogP contribution in [0.4, 0.5) is 11.4 Å². The average molecular weight is 285 g/mol. The van der Waals surface area contributed by atoms with Crippen molar-refractivity contribution >= 4 is 17.3 Å². The van der Waals surface area contributed by atoms with Crippen LogP contribution in [0.15, 0.2) is 18.2 Å². The number of carbonyl (C=O) groups excluding carboxylic acids is 1. The molecule has 0 atom stereocenters. The lowest BCUT2D eigenvalue weighted by Gasteiger charge is -2.57. The minimum absolute atomic E-state index is 0.133. The van der Waals surface area contributed by atoms with Crippen molar-refractivity contribution < 1.29 is 4.79 Å². The van der Waals surface area contributed by atoms with Gasteiger partial charge in [0, 0.05) is 5.54 Å². The molecule has 4 aliphatic rings. The van der Waals surface area contributed by atoms with Crippen LogP contribution < -0.4 is 16.8 Å². The molecule has 4 fully saturated rings. The number of rotatable bonds is 3. The third-order valence-electron chi connectivity index (χ3n) is 5.79. The molecule has 1 aromatic carbocycles. The Labute approximate surface area is 125 Å². The van der Waals surface area contributed by atoms with E-state index in [1.807, 2.05) is 6.07 Å². The molecule has 5 rings (SSSR count). The first-order valence-corrected chi connectivity index (χ1v) is 8.01. The third-order valence-corrected chi connectivity index (χ3v) is 5.79. The summed E-state index contributed by atoms with van der Waals surface area (Å²) in [6.07, 6.45) is 7.83. The first-order valence-electron chi connectivity index (χ1n) is 8.01. The predicted molar refractivity (Wildman–Crippen MR) is 83.9 cm³/mol. The van der Waals surface area contributed by atoms with Crippen LogP contribution in [-0.2, 0) is 0 Å². The molecule has 4 bridgehead atoms. The molecule has 1 aromatic rings. The van der Waals surface area contributed by atoms with Gasteiger partial charge in [0.1, 0.15) is 0 Å². The van der Waals surface area contributed by atoms with Gasteiger partial charge < -0.3 is 16.8 Å². The lowest BCUT2D eigenvalue weighted by atomic mass is 9.53. The first kappa shape index (κ1) is 13.0. The Morgan fingerprint density at radius 1 is 1.10 bits per heavy atom. The van der Waals surface area contributed by atoms with Gasteiger partial charge in [-0.3, -0.25) is 4.79 Å². The molecule has 112 valence electrons. The van der Waals surface area contributed by atoms with Crippen molar-refractivity contribution in [3.05, 3.63) is 23.8 Å². The second kappa shape index (κ2) is 4.39. The SMILES string of the molecule is NC(=O)c1cccc(N)c1NC12CC3CC(CC(C3)C1)C2. The van der Waals surface area contributed by atoms with Crippen LogP contribution in [0.5, 0.6) is 0 Å². The van der Waals surface area contributed by atoms with Crippen molar-refractivity contribution in [2.45, 2.75) is 44.1 Å². The Bertz CT molecular complexity index is 560. The summed E-state index contributed by atoms with van der Waals surface area (Å²) in [5.74, 6) is 2.15. The molecule has 0 radical (unpaired) electrons. The molecule has 4 saturated carbocycles. The topological polar surface area (TPSA) is 81.1 Å². The average Bonchev–Trinajstić information content (AvgIpc) is 2.39. The number of anilines is 2. The maximum Gasteiger partial charge on any atom is 0.250 e. The number of nitrogens with two attached hydrogens (primary N) is 2. The Morgan fingerprint density at radius 2 is 1.67 bits per heavy atom. The maximum atomic E-state index is 11.7. The minimum atomic E-state index is -0.408. The van der Waals surface area contributed by atoms with Gasteiger partial charge in [-0.1, -0.05) is 6.07 Å². The van der Waals surface area contributed by atoms with Gasteiger partial charge in [-0.2, -0.15) is 0 Å². The van der Waals surface area contributed by atoms with E-state index >= 15 is 0 Å². The molecule has 5 N–H and O–H groups in total. The molecule has 0 spiro atoms. The van der Waals surface area contributed by atoms with Gasteiger partial charge in [0.15, 0.2) is 0 Å². The fourth-order valence-electron chi connectivity index (χ4n) is 5.44. The zero-order valence-corrected chi connectivity index (χ0v) is 12.3. The van der Waals surface area contributed by atoms with Crippen LogP contribution in [0.2, 0.25) is 0 Å². The minimum Gasteiger partial charge on any atom is -0.397 e. The van der Waals surface area contributed by atoms with Gasteiger partial charge >= 0.3 is 0 Å². The summed E-state index contributed by atoms with van der Waals surface area (Å²) < 4.78 is 0. The highest BCUT2D eigenvalue weighted by molar-refractivity contribution is 6.01. The molecule has 0 aliphatic heterocycles. The van der Waals surface area contributed by atoms with Gasteiger partial charge in [-0.05, 0) is 68.4 Å². The fraction of sp³-hybridized carbons (Fsp3) is 0.588. The number of carbonyl (C=O) groups is 1. The largest absolute Gasteiger partial charge is 0.397 e. The van der Waals surface area contributed by atoms with Gasteiger partial charge in [0.05, 0.1) is 16.9 Å². The van der Waals surface area contributed by atoms with Crippen molar-refractivity contribution in [1.82, 2.24) is 0 Å². The molecule has 0 unspecified atom stereocenters. The number of para-hydroxylation sites is 1. The summed E-state index contributed by atoms with van der Waals surface area (Å²) in [5.41, 5.74) is 13.7. The van der Waals surface area contributed by atoms with E-state index in [1.54, 1.807) is 12.1 Å². The molecule has 0 heterocycles. The molecule has 0 aromatic heterocycles. The van der Waals surface area contributed by atoms with E-state index in [4.69, 9.17) is 11.5 Å². The predicted octanol–water partition coefficient (Wildman–Crippen LogP) is 2.75. The van der Waals surface area contributed by atoms with E-state index in [1.165, 1.54) is 38.5 Å². The second-order valence-electron chi connectivity index (χ2n) is 7.46. The highest BCUT2D eigenvalue weighted by Crippen LogP contribution is 2.56. The Balaban J connectivity index is 1.69. The number of hydrogen-bond acceptors (Lipinski definition) is 3. The van der Waals surface area contributed by atoms with Crippen LogP contribution in [0.1, 0.15) is 48.9 Å². The van der Waals surface area contributed by atoms with Gasteiger partial charge in [0.25, 0.3) is 5.91 Å². The summed E-state index contributed by atoms with van der Waals surface area (Å²) in [7, 11) is 0. The summed E-state index contributed by atoms with van der Waals surface area (Å²) >= 11 is 0. The van der Waals surface area contributed by atoms with E-state index in [0.29, 0.717) is 11.3 Å². The van der Waals surface area contributed by atoms with Crippen LogP contribution in [0, 0.1) is 17.8 Å². The normalized spacial score (nSPS) is 36.7. The highest BCUT2D eigenvalue weighted by Gasteiger charge is 2.51. The van der Waals surface area contributed by atoms with Gasteiger partial charge in [-0.25, -0.2) is 0 Å². The van der Waals surface area contributed by atoms with Gasteiger partial charge in [0.2, 0.25) is 0 Å². The lowest BCUT2D eigenvalue weighted by molar-refractivity contribution is 0.0107. The molecular formula is C17H23N3O. The summed E-state index contributed by atoms with van der Waals surface area (Å²) in [6, 6.07) is 5.40. The third kappa shape index (κ3) is 2.08. The van der Waals surface area contributed by atoms with Crippen LogP contribution in [0.3, 0.4) is 0 Å². The van der Waals surface area contributed by atoms with Crippen molar-refractivity contribution in [2.24, 2.45) is 23.5 Å².